The Bertz CT molecular complexity index is 328. The van der Waals surface area contributed by atoms with E-state index < -0.39 is 0 Å². The lowest BCUT2D eigenvalue weighted by atomic mass is 10.1. The highest BCUT2D eigenvalue weighted by molar-refractivity contribution is 5.57. The molecule has 1 aromatic carbocycles. The fraction of sp³-hybridized carbons (Fsp3) is 0.571. The van der Waals surface area contributed by atoms with Crippen LogP contribution < -0.4 is 15.4 Å². The molecule has 17 heavy (non-hydrogen) atoms. The van der Waals surface area contributed by atoms with Crippen LogP contribution in [0.3, 0.4) is 0 Å². The summed E-state index contributed by atoms with van der Waals surface area (Å²) in [5.41, 5.74) is 7.21. The summed E-state index contributed by atoms with van der Waals surface area (Å²) in [6.45, 7) is 3.05. The molecule has 0 bridgehead atoms. The molecule has 1 atom stereocenters. The number of unbranched alkanes of at least 4 members (excludes halogenated alkanes) is 1. The lowest BCUT2D eigenvalue weighted by Crippen LogP contribution is -2.35. The Morgan fingerprint density at radius 3 is 2.71 bits per heavy atom. The maximum absolute atomic E-state index is 6.11. The molecule has 0 aliphatic heterocycles. The van der Waals surface area contributed by atoms with Gasteiger partial charge in [0.25, 0.3) is 0 Å². The van der Waals surface area contributed by atoms with Crippen molar-refractivity contribution >= 4 is 5.69 Å². The molecule has 0 amide bonds. The second kappa shape index (κ2) is 7.17. The molecular weight excluding hydrogens is 212 g/mol. The van der Waals surface area contributed by atoms with Crippen molar-refractivity contribution in [1.29, 1.82) is 0 Å². The topological polar surface area (TPSA) is 38.5 Å². The predicted octanol–water partition coefficient (Wildman–Crippen LogP) is 2.65. The first-order valence-electron chi connectivity index (χ1n) is 6.28. The fourth-order valence-corrected chi connectivity index (χ4v) is 1.95. The van der Waals surface area contributed by atoms with Crippen LogP contribution in [0.15, 0.2) is 24.3 Å². The van der Waals surface area contributed by atoms with Crippen LogP contribution in [0.2, 0.25) is 0 Å². The van der Waals surface area contributed by atoms with Crippen LogP contribution in [-0.4, -0.2) is 26.7 Å². The quantitative estimate of drug-likeness (QED) is 0.791. The van der Waals surface area contributed by atoms with Crippen molar-refractivity contribution in [2.45, 2.75) is 32.2 Å². The second-order valence-corrected chi connectivity index (χ2v) is 4.45. The van der Waals surface area contributed by atoms with Gasteiger partial charge in [-0.1, -0.05) is 31.9 Å². The molecular formula is C14H24N2O. The number of rotatable bonds is 7. The summed E-state index contributed by atoms with van der Waals surface area (Å²) in [5, 5.41) is 0. The van der Waals surface area contributed by atoms with E-state index in [1.165, 1.54) is 12.8 Å². The average molecular weight is 236 g/mol. The van der Waals surface area contributed by atoms with Crippen LogP contribution in [-0.2, 0) is 0 Å². The Balaban J connectivity index is 2.59. The first-order valence-corrected chi connectivity index (χ1v) is 6.28. The van der Waals surface area contributed by atoms with E-state index in [0.717, 1.165) is 24.4 Å². The number of hydrogen-bond acceptors (Lipinski definition) is 3. The summed E-state index contributed by atoms with van der Waals surface area (Å²) >= 11 is 0. The van der Waals surface area contributed by atoms with Crippen molar-refractivity contribution in [2.75, 3.05) is 25.6 Å². The first kappa shape index (κ1) is 13.8. The number of anilines is 1. The largest absolute Gasteiger partial charge is 0.495 e. The maximum Gasteiger partial charge on any atom is 0.142 e. The van der Waals surface area contributed by atoms with Crippen molar-refractivity contribution in [2.24, 2.45) is 5.73 Å². The molecule has 0 aromatic heterocycles. The molecule has 2 N–H and O–H groups in total. The van der Waals surface area contributed by atoms with E-state index in [2.05, 4.69) is 24.9 Å². The molecule has 1 unspecified atom stereocenters. The second-order valence-electron chi connectivity index (χ2n) is 4.45. The van der Waals surface area contributed by atoms with Crippen molar-refractivity contribution in [1.82, 2.24) is 0 Å². The molecule has 3 nitrogen and oxygen atoms in total. The Labute approximate surface area is 105 Å². The van der Waals surface area contributed by atoms with E-state index in [1.807, 2.05) is 18.2 Å². The lowest BCUT2D eigenvalue weighted by molar-refractivity contribution is 0.414. The Morgan fingerprint density at radius 2 is 2.06 bits per heavy atom. The van der Waals surface area contributed by atoms with Gasteiger partial charge in [-0.3, -0.25) is 0 Å². The third-order valence-electron chi connectivity index (χ3n) is 2.93. The Morgan fingerprint density at radius 1 is 1.35 bits per heavy atom. The molecule has 1 aromatic rings. The summed E-state index contributed by atoms with van der Waals surface area (Å²) < 4.78 is 5.35. The van der Waals surface area contributed by atoms with Gasteiger partial charge >= 0.3 is 0 Å². The average Bonchev–Trinajstić information content (AvgIpc) is 2.36. The molecule has 3 heteroatoms. The molecule has 96 valence electrons. The van der Waals surface area contributed by atoms with Gasteiger partial charge in [-0.2, -0.15) is 0 Å². The summed E-state index contributed by atoms with van der Waals surface area (Å²) in [5.74, 6) is 0.901. The van der Waals surface area contributed by atoms with Crippen LogP contribution in [0.1, 0.15) is 26.2 Å². The highest BCUT2D eigenvalue weighted by atomic mass is 16.5. The van der Waals surface area contributed by atoms with Crippen LogP contribution in [0.5, 0.6) is 5.75 Å². The Hall–Kier alpha value is -1.22. The van der Waals surface area contributed by atoms with Gasteiger partial charge in [0.15, 0.2) is 0 Å². The van der Waals surface area contributed by atoms with E-state index in [0.29, 0.717) is 0 Å². The van der Waals surface area contributed by atoms with E-state index >= 15 is 0 Å². The zero-order chi connectivity index (χ0) is 12.7. The smallest absolute Gasteiger partial charge is 0.142 e. The van der Waals surface area contributed by atoms with Gasteiger partial charge in [0.2, 0.25) is 0 Å². The van der Waals surface area contributed by atoms with Gasteiger partial charge in [0, 0.05) is 19.6 Å². The van der Waals surface area contributed by atoms with Gasteiger partial charge in [-0.15, -0.1) is 0 Å². The highest BCUT2D eigenvalue weighted by Gasteiger charge is 2.10. The van der Waals surface area contributed by atoms with E-state index in [4.69, 9.17) is 10.5 Å². The van der Waals surface area contributed by atoms with E-state index in [9.17, 15) is 0 Å². The van der Waals surface area contributed by atoms with Crippen LogP contribution in [0.4, 0.5) is 5.69 Å². The Kier molecular flexibility index (Phi) is 5.84. The minimum Gasteiger partial charge on any atom is -0.495 e. The number of nitrogens with zero attached hydrogens (tertiary/aromatic N) is 1. The number of methoxy groups -OCH3 is 1. The molecule has 0 saturated carbocycles. The van der Waals surface area contributed by atoms with Crippen LogP contribution >= 0.6 is 0 Å². The monoisotopic (exact) mass is 236 g/mol. The normalized spacial score (nSPS) is 12.2. The van der Waals surface area contributed by atoms with Gasteiger partial charge in [-0.25, -0.2) is 0 Å². The van der Waals surface area contributed by atoms with Crippen molar-refractivity contribution in [3.05, 3.63) is 24.3 Å². The molecule has 0 spiro atoms. The number of hydrogen-bond donors (Lipinski definition) is 1. The fourth-order valence-electron chi connectivity index (χ4n) is 1.95. The molecule has 0 radical (unpaired) electrons. The minimum absolute atomic E-state index is 0.227. The van der Waals surface area contributed by atoms with Crippen molar-refractivity contribution in [3.8, 4) is 5.75 Å². The highest BCUT2D eigenvalue weighted by Crippen LogP contribution is 2.26. The van der Waals surface area contributed by atoms with Gasteiger partial charge in [0.05, 0.1) is 12.8 Å². The third kappa shape index (κ3) is 4.27. The number of likely N-dealkylation sites (N-methyl/N-ethyl adjacent to an activating group) is 1. The van der Waals surface area contributed by atoms with Gasteiger partial charge in [0.1, 0.15) is 5.75 Å². The van der Waals surface area contributed by atoms with E-state index in [-0.39, 0.29) is 6.04 Å². The van der Waals surface area contributed by atoms with Crippen LogP contribution in [0, 0.1) is 0 Å². The van der Waals surface area contributed by atoms with Gasteiger partial charge < -0.3 is 15.4 Å². The molecule has 0 saturated heterocycles. The first-order chi connectivity index (χ1) is 8.19. The molecule has 0 fully saturated rings. The van der Waals surface area contributed by atoms with Crippen molar-refractivity contribution < 1.29 is 4.74 Å². The molecule has 0 aliphatic carbocycles. The molecule has 0 heterocycles. The third-order valence-corrected chi connectivity index (χ3v) is 2.93. The van der Waals surface area contributed by atoms with Crippen LogP contribution in [0.25, 0.3) is 0 Å². The summed E-state index contributed by atoms with van der Waals surface area (Å²) in [6, 6.07) is 8.26. The SMILES string of the molecule is CCCCC(N)CN(C)c1ccccc1OC. The predicted molar refractivity (Wildman–Crippen MR) is 73.8 cm³/mol. The molecule has 1 rings (SSSR count). The number of nitrogens with two attached hydrogens (primary N) is 1. The zero-order valence-corrected chi connectivity index (χ0v) is 11.1. The summed E-state index contributed by atoms with van der Waals surface area (Å²) in [6.07, 6.45) is 3.48. The molecule has 0 aliphatic rings. The summed E-state index contributed by atoms with van der Waals surface area (Å²) in [7, 11) is 3.76. The number of para-hydroxylation sites is 2. The lowest BCUT2D eigenvalue weighted by Gasteiger charge is -2.24. The van der Waals surface area contributed by atoms with E-state index in [1.54, 1.807) is 7.11 Å². The summed E-state index contributed by atoms with van der Waals surface area (Å²) in [4.78, 5) is 2.17. The standard InChI is InChI=1S/C14H24N2O/c1-4-5-8-12(15)11-16(2)13-9-6-7-10-14(13)17-3/h6-7,9-10,12H,4-5,8,11,15H2,1-3H3. The number of benzene rings is 1. The maximum atomic E-state index is 6.11. The van der Waals surface area contributed by atoms with Gasteiger partial charge in [-0.05, 0) is 18.6 Å². The zero-order valence-electron chi connectivity index (χ0n) is 11.1. The minimum atomic E-state index is 0.227. The number of ether oxygens (including phenoxy) is 1. The van der Waals surface area contributed by atoms with Crippen molar-refractivity contribution in [3.63, 3.8) is 0 Å².